The van der Waals surface area contributed by atoms with Gasteiger partial charge in [-0.2, -0.15) is 0 Å². The van der Waals surface area contributed by atoms with Gasteiger partial charge < -0.3 is 10.2 Å². The number of thioether (sulfide) groups is 1. The molecule has 1 heterocycles. The SMILES string of the molecule is CP(=O)(O)C(C(=O)Nc1ccc2ccccc2c1)C1=CSC2C=CC(Cl)=CC12. The van der Waals surface area contributed by atoms with E-state index >= 15 is 0 Å². The van der Waals surface area contributed by atoms with E-state index in [2.05, 4.69) is 5.32 Å². The number of carbonyl (C=O) groups excluding carboxylic acids is 1. The summed E-state index contributed by atoms with van der Waals surface area (Å²) in [7, 11) is -3.74. The van der Waals surface area contributed by atoms with Gasteiger partial charge in [-0.3, -0.25) is 9.36 Å². The van der Waals surface area contributed by atoms with Crippen molar-refractivity contribution in [2.45, 2.75) is 10.9 Å². The maximum absolute atomic E-state index is 13.1. The van der Waals surface area contributed by atoms with E-state index in [0.29, 0.717) is 16.3 Å². The second-order valence-corrected chi connectivity index (χ2v) is 10.9. The van der Waals surface area contributed by atoms with Crippen molar-refractivity contribution in [1.29, 1.82) is 0 Å². The molecule has 4 atom stereocenters. The lowest BCUT2D eigenvalue weighted by atomic mass is 9.90. The van der Waals surface area contributed by atoms with Gasteiger partial charge in [0, 0.05) is 28.6 Å². The molecule has 2 aromatic carbocycles. The largest absolute Gasteiger partial charge is 0.344 e. The van der Waals surface area contributed by atoms with Crippen LogP contribution < -0.4 is 5.32 Å². The molecule has 0 spiro atoms. The zero-order chi connectivity index (χ0) is 19.9. The zero-order valence-corrected chi connectivity index (χ0v) is 17.5. The molecule has 4 unspecified atom stereocenters. The molecule has 144 valence electrons. The molecule has 2 aliphatic rings. The number of carbonyl (C=O) groups is 1. The second-order valence-electron chi connectivity index (χ2n) is 7.05. The van der Waals surface area contributed by atoms with Crippen molar-refractivity contribution in [3.8, 4) is 0 Å². The third kappa shape index (κ3) is 3.85. The Bertz CT molecular complexity index is 1090. The highest BCUT2D eigenvalue weighted by atomic mass is 35.5. The first kappa shape index (κ1) is 19.5. The van der Waals surface area contributed by atoms with Crippen LogP contribution in [0.2, 0.25) is 0 Å². The van der Waals surface area contributed by atoms with Crippen LogP contribution in [0, 0.1) is 5.92 Å². The van der Waals surface area contributed by atoms with Gasteiger partial charge in [0.25, 0.3) is 0 Å². The van der Waals surface area contributed by atoms with E-state index in [-0.39, 0.29) is 11.2 Å². The number of allylic oxidation sites excluding steroid dienone is 3. The summed E-state index contributed by atoms with van der Waals surface area (Å²) in [6.07, 6.45) is 5.64. The van der Waals surface area contributed by atoms with Crippen LogP contribution in [0.25, 0.3) is 10.8 Å². The fourth-order valence-electron chi connectivity index (χ4n) is 3.65. The van der Waals surface area contributed by atoms with E-state index in [1.165, 1.54) is 6.66 Å². The highest BCUT2D eigenvalue weighted by Gasteiger charge is 2.43. The molecule has 0 fully saturated rings. The minimum atomic E-state index is -3.74. The highest BCUT2D eigenvalue weighted by Crippen LogP contribution is 2.53. The normalized spacial score (nSPS) is 24.1. The lowest BCUT2D eigenvalue weighted by Gasteiger charge is -2.26. The molecule has 1 aliphatic carbocycles. The van der Waals surface area contributed by atoms with Crippen LogP contribution >= 0.6 is 30.7 Å². The summed E-state index contributed by atoms with van der Waals surface area (Å²) in [6.45, 7) is 1.24. The minimum absolute atomic E-state index is 0.0972. The molecule has 4 rings (SSSR count). The molecule has 0 bridgehead atoms. The average Bonchev–Trinajstić information content (AvgIpc) is 3.03. The molecule has 2 N–H and O–H groups in total. The summed E-state index contributed by atoms with van der Waals surface area (Å²) in [5, 5.41) is 7.39. The van der Waals surface area contributed by atoms with Crippen molar-refractivity contribution in [3.05, 3.63) is 76.7 Å². The van der Waals surface area contributed by atoms with Crippen molar-refractivity contribution in [2.24, 2.45) is 5.92 Å². The highest BCUT2D eigenvalue weighted by molar-refractivity contribution is 8.03. The van der Waals surface area contributed by atoms with Gasteiger partial charge in [-0.05, 0) is 40.0 Å². The third-order valence-corrected chi connectivity index (χ3v) is 7.86. The number of fused-ring (bicyclic) bond motifs is 2. The Labute approximate surface area is 172 Å². The topological polar surface area (TPSA) is 66.4 Å². The second kappa shape index (κ2) is 7.57. The molecule has 1 amide bonds. The smallest absolute Gasteiger partial charge is 0.241 e. The molecule has 28 heavy (non-hydrogen) atoms. The molecule has 0 saturated carbocycles. The predicted octanol–water partition coefficient (Wildman–Crippen LogP) is 5.36. The van der Waals surface area contributed by atoms with Gasteiger partial charge in [0.05, 0.1) is 0 Å². The van der Waals surface area contributed by atoms with Gasteiger partial charge in [-0.15, -0.1) is 11.8 Å². The van der Waals surface area contributed by atoms with Crippen LogP contribution in [0.1, 0.15) is 0 Å². The molecule has 0 saturated heterocycles. The van der Waals surface area contributed by atoms with Crippen LogP contribution in [0.4, 0.5) is 5.69 Å². The molecular weight excluding hydrogens is 413 g/mol. The van der Waals surface area contributed by atoms with Crippen LogP contribution in [-0.4, -0.2) is 28.4 Å². The molecular formula is C21H19ClNO3PS. The third-order valence-electron chi connectivity index (χ3n) is 4.94. The summed E-state index contributed by atoms with van der Waals surface area (Å²) in [6, 6.07) is 13.4. The van der Waals surface area contributed by atoms with Gasteiger partial charge in [0.15, 0.2) is 0 Å². The first-order valence-electron chi connectivity index (χ1n) is 8.83. The van der Waals surface area contributed by atoms with E-state index in [0.717, 1.165) is 10.8 Å². The summed E-state index contributed by atoms with van der Waals surface area (Å²) < 4.78 is 12.7. The Morgan fingerprint density at radius 1 is 1.25 bits per heavy atom. The van der Waals surface area contributed by atoms with Crippen molar-refractivity contribution in [3.63, 3.8) is 0 Å². The Balaban J connectivity index is 1.63. The summed E-state index contributed by atoms with van der Waals surface area (Å²) >= 11 is 7.68. The maximum atomic E-state index is 13.1. The van der Waals surface area contributed by atoms with Crippen LogP contribution in [0.15, 0.2) is 76.7 Å². The van der Waals surface area contributed by atoms with Gasteiger partial charge in [-0.25, -0.2) is 0 Å². The van der Waals surface area contributed by atoms with E-state index in [1.54, 1.807) is 17.8 Å². The molecule has 0 aromatic heterocycles. The Morgan fingerprint density at radius 3 is 2.75 bits per heavy atom. The standard InChI is InChI=1S/C21H19ClNO3PS/c1-27(25,26)20(18-12-28-19-9-7-15(22)11-17(18)19)21(24)23-16-8-6-13-4-2-3-5-14(13)10-16/h2-12,17,19-20H,1H3,(H,23,24)(H,25,26). The Morgan fingerprint density at radius 2 is 2.00 bits per heavy atom. The van der Waals surface area contributed by atoms with E-state index in [9.17, 15) is 14.3 Å². The Hall–Kier alpha value is -1.78. The molecule has 0 radical (unpaired) electrons. The first-order valence-corrected chi connectivity index (χ1v) is 12.3. The summed E-state index contributed by atoms with van der Waals surface area (Å²) in [4.78, 5) is 23.5. The van der Waals surface area contributed by atoms with Crippen molar-refractivity contribution in [1.82, 2.24) is 0 Å². The number of hydrogen-bond acceptors (Lipinski definition) is 3. The molecule has 2 aromatic rings. The van der Waals surface area contributed by atoms with Crippen molar-refractivity contribution >= 4 is 53.1 Å². The van der Waals surface area contributed by atoms with Crippen molar-refractivity contribution < 1.29 is 14.3 Å². The van der Waals surface area contributed by atoms with E-state index in [4.69, 9.17) is 11.6 Å². The van der Waals surface area contributed by atoms with E-state index < -0.39 is 18.9 Å². The molecule has 7 heteroatoms. The number of anilines is 1. The number of benzene rings is 2. The van der Waals surface area contributed by atoms with Gasteiger partial charge in [-0.1, -0.05) is 54.1 Å². The van der Waals surface area contributed by atoms with Crippen LogP contribution in [-0.2, 0) is 9.36 Å². The predicted molar refractivity (Wildman–Crippen MR) is 118 cm³/mol. The fourth-order valence-corrected chi connectivity index (χ4v) is 6.44. The lowest BCUT2D eigenvalue weighted by molar-refractivity contribution is -0.115. The van der Waals surface area contributed by atoms with Crippen molar-refractivity contribution in [2.75, 3.05) is 12.0 Å². The van der Waals surface area contributed by atoms with Gasteiger partial charge in [0.2, 0.25) is 13.3 Å². The Kier molecular flexibility index (Phi) is 5.28. The summed E-state index contributed by atoms with van der Waals surface area (Å²) in [5.74, 6) is -0.634. The van der Waals surface area contributed by atoms with Gasteiger partial charge in [0.1, 0.15) is 5.66 Å². The average molecular weight is 432 g/mol. The quantitative estimate of drug-likeness (QED) is 0.640. The number of hydrogen-bond donors (Lipinski definition) is 2. The molecule has 1 aliphatic heterocycles. The number of rotatable bonds is 4. The molecule has 4 nitrogen and oxygen atoms in total. The van der Waals surface area contributed by atoms with Gasteiger partial charge >= 0.3 is 0 Å². The number of halogens is 1. The first-order chi connectivity index (χ1) is 13.3. The maximum Gasteiger partial charge on any atom is 0.241 e. The zero-order valence-electron chi connectivity index (χ0n) is 15.1. The minimum Gasteiger partial charge on any atom is -0.344 e. The fraction of sp³-hybridized carbons (Fsp3) is 0.190. The number of nitrogens with one attached hydrogen (secondary N) is 1. The monoisotopic (exact) mass is 431 g/mol. The van der Waals surface area contributed by atoms with Crippen LogP contribution in [0.5, 0.6) is 0 Å². The lowest BCUT2D eigenvalue weighted by Crippen LogP contribution is -2.32. The number of amides is 1. The summed E-state index contributed by atoms with van der Waals surface area (Å²) in [5.41, 5.74) is 0.125. The van der Waals surface area contributed by atoms with Crippen LogP contribution in [0.3, 0.4) is 0 Å². The van der Waals surface area contributed by atoms with E-state index in [1.807, 2.05) is 60.0 Å².